The molecule has 9 heteroatoms. The second-order valence-corrected chi connectivity index (χ2v) is 12.4. The fourth-order valence-electron chi connectivity index (χ4n) is 5.22. The van der Waals surface area contributed by atoms with Crippen molar-refractivity contribution in [2.24, 2.45) is 4.99 Å². The molecule has 1 atom stereocenters. The summed E-state index contributed by atoms with van der Waals surface area (Å²) in [6.45, 7) is 6.19. The van der Waals surface area contributed by atoms with Crippen molar-refractivity contribution >= 4 is 52.3 Å². The highest BCUT2D eigenvalue weighted by molar-refractivity contribution is 7.07. The van der Waals surface area contributed by atoms with Gasteiger partial charge in [-0.15, -0.1) is 0 Å². The van der Waals surface area contributed by atoms with Crippen LogP contribution in [0.2, 0.25) is 10.0 Å². The Balaban J connectivity index is 1.56. The SMILES string of the molecule is CCOC(=O)C1=C(c2ccccc2)N=c2s/c(=C\c3ccc(-c4cccc(Cl)c4Cl)o3)c(=O)n2C1c1ccc(C(C)C)cc1. The van der Waals surface area contributed by atoms with E-state index in [1.165, 1.54) is 11.3 Å². The fraction of sp³-hybridized carbons (Fsp3) is 0.171. The van der Waals surface area contributed by atoms with Crippen LogP contribution >= 0.6 is 34.5 Å². The molecule has 0 amide bonds. The molecule has 0 bridgehead atoms. The molecule has 0 radical (unpaired) electrons. The molecule has 0 saturated carbocycles. The molecular formula is C35H28Cl2N2O4S. The Morgan fingerprint density at radius 3 is 2.48 bits per heavy atom. The molecule has 0 N–H and O–H groups in total. The number of ether oxygens (including phenoxy) is 1. The Hall–Kier alpha value is -4.17. The minimum atomic E-state index is -0.749. The molecule has 2 aromatic heterocycles. The summed E-state index contributed by atoms with van der Waals surface area (Å²) in [6.07, 6.45) is 1.68. The van der Waals surface area contributed by atoms with E-state index in [4.69, 9.17) is 37.3 Å². The van der Waals surface area contributed by atoms with Gasteiger partial charge in [-0.1, -0.05) is 109 Å². The van der Waals surface area contributed by atoms with E-state index < -0.39 is 12.0 Å². The molecule has 1 unspecified atom stereocenters. The zero-order valence-corrected chi connectivity index (χ0v) is 26.5. The van der Waals surface area contributed by atoms with Crippen molar-refractivity contribution in [3.05, 3.63) is 143 Å². The van der Waals surface area contributed by atoms with Crippen LogP contribution < -0.4 is 14.9 Å². The molecule has 5 aromatic rings. The van der Waals surface area contributed by atoms with Crippen LogP contribution in [-0.2, 0) is 9.53 Å². The number of thiazole rings is 1. The second kappa shape index (κ2) is 12.4. The lowest BCUT2D eigenvalue weighted by Crippen LogP contribution is -2.40. The first-order chi connectivity index (χ1) is 21.3. The van der Waals surface area contributed by atoms with Gasteiger partial charge in [0, 0.05) is 17.2 Å². The lowest BCUT2D eigenvalue weighted by molar-refractivity contribution is -0.138. The van der Waals surface area contributed by atoms with Gasteiger partial charge < -0.3 is 9.15 Å². The van der Waals surface area contributed by atoms with Crippen molar-refractivity contribution < 1.29 is 13.9 Å². The van der Waals surface area contributed by atoms with E-state index in [1.807, 2.05) is 60.7 Å². The Morgan fingerprint density at radius 1 is 1.02 bits per heavy atom. The molecule has 0 saturated heterocycles. The molecular weight excluding hydrogens is 615 g/mol. The van der Waals surface area contributed by atoms with Crippen LogP contribution in [0.4, 0.5) is 0 Å². The number of rotatable bonds is 7. The van der Waals surface area contributed by atoms with Crippen molar-refractivity contribution in [1.29, 1.82) is 0 Å². The summed E-state index contributed by atoms with van der Waals surface area (Å²) in [5.41, 5.74) is 3.84. The van der Waals surface area contributed by atoms with E-state index in [2.05, 4.69) is 13.8 Å². The summed E-state index contributed by atoms with van der Waals surface area (Å²) >= 11 is 13.8. The van der Waals surface area contributed by atoms with Gasteiger partial charge in [0.2, 0.25) is 0 Å². The van der Waals surface area contributed by atoms with Gasteiger partial charge >= 0.3 is 5.97 Å². The van der Waals surface area contributed by atoms with Crippen LogP contribution in [0.1, 0.15) is 55.2 Å². The standard InChI is InChI=1S/C35H28Cl2N2O4S/c1-4-42-34(41)29-31(22-9-6-5-7-10-22)38-35-39(32(29)23-15-13-21(14-16-23)20(2)3)33(40)28(44-35)19-24-17-18-27(43-24)25-11-8-12-26(36)30(25)37/h5-20,32H,4H2,1-3H3/b28-19-. The summed E-state index contributed by atoms with van der Waals surface area (Å²) in [7, 11) is 0. The third-order valence-electron chi connectivity index (χ3n) is 7.41. The van der Waals surface area contributed by atoms with Crippen molar-refractivity contribution in [2.75, 3.05) is 6.61 Å². The average molecular weight is 644 g/mol. The number of hydrogen-bond donors (Lipinski definition) is 0. The highest BCUT2D eigenvalue weighted by Crippen LogP contribution is 2.36. The zero-order chi connectivity index (χ0) is 31.0. The lowest BCUT2D eigenvalue weighted by Gasteiger charge is -2.26. The smallest absolute Gasteiger partial charge is 0.338 e. The number of carbonyl (C=O) groups is 1. The van der Waals surface area contributed by atoms with Crippen molar-refractivity contribution in [3.63, 3.8) is 0 Å². The van der Waals surface area contributed by atoms with Crippen LogP contribution in [-0.4, -0.2) is 17.1 Å². The number of hydrogen-bond acceptors (Lipinski definition) is 6. The van der Waals surface area contributed by atoms with E-state index >= 15 is 0 Å². The fourth-order valence-corrected chi connectivity index (χ4v) is 6.59. The maximum atomic E-state index is 14.1. The van der Waals surface area contributed by atoms with Gasteiger partial charge in [0.15, 0.2) is 4.80 Å². The van der Waals surface area contributed by atoms with Crippen molar-refractivity contribution in [1.82, 2.24) is 4.57 Å². The van der Waals surface area contributed by atoms with Crippen LogP contribution in [0.25, 0.3) is 23.1 Å². The van der Waals surface area contributed by atoms with E-state index in [9.17, 15) is 9.59 Å². The van der Waals surface area contributed by atoms with E-state index in [0.717, 1.165) is 16.7 Å². The summed E-state index contributed by atoms with van der Waals surface area (Å²) in [5.74, 6) is 0.796. The molecule has 0 fully saturated rings. The molecule has 1 aliphatic heterocycles. The molecule has 222 valence electrons. The van der Waals surface area contributed by atoms with Gasteiger partial charge in [-0.3, -0.25) is 9.36 Å². The lowest BCUT2D eigenvalue weighted by atomic mass is 9.91. The Morgan fingerprint density at radius 2 is 1.77 bits per heavy atom. The maximum absolute atomic E-state index is 14.1. The number of fused-ring (bicyclic) bond motifs is 1. The largest absolute Gasteiger partial charge is 0.463 e. The predicted octanol–water partition coefficient (Wildman–Crippen LogP) is 7.63. The topological polar surface area (TPSA) is 73.8 Å². The normalized spacial score (nSPS) is 15.0. The van der Waals surface area contributed by atoms with Crippen molar-refractivity contribution in [3.8, 4) is 11.3 Å². The van der Waals surface area contributed by atoms with Gasteiger partial charge in [0.1, 0.15) is 11.5 Å². The Labute approximate surface area is 268 Å². The molecule has 0 aliphatic carbocycles. The number of esters is 1. The molecule has 1 aliphatic rings. The minimum Gasteiger partial charge on any atom is -0.463 e. The minimum absolute atomic E-state index is 0.186. The van der Waals surface area contributed by atoms with Crippen LogP contribution in [0.3, 0.4) is 0 Å². The zero-order valence-electron chi connectivity index (χ0n) is 24.2. The van der Waals surface area contributed by atoms with Gasteiger partial charge in [-0.25, -0.2) is 9.79 Å². The molecule has 6 nitrogen and oxygen atoms in total. The van der Waals surface area contributed by atoms with E-state index in [1.54, 1.807) is 41.8 Å². The van der Waals surface area contributed by atoms with Crippen LogP contribution in [0, 0.1) is 0 Å². The highest BCUT2D eigenvalue weighted by atomic mass is 35.5. The van der Waals surface area contributed by atoms with Crippen molar-refractivity contribution in [2.45, 2.75) is 32.7 Å². The summed E-state index contributed by atoms with van der Waals surface area (Å²) in [5, 5.41) is 0.807. The van der Waals surface area contributed by atoms with Gasteiger partial charge in [-0.2, -0.15) is 0 Å². The number of halogens is 2. The highest BCUT2D eigenvalue weighted by Gasteiger charge is 2.35. The Bertz CT molecular complexity index is 2070. The molecule has 6 rings (SSSR count). The average Bonchev–Trinajstić information content (AvgIpc) is 3.62. The summed E-state index contributed by atoms with van der Waals surface area (Å²) in [4.78, 5) is 33.2. The predicted molar refractivity (Wildman–Crippen MR) is 176 cm³/mol. The first-order valence-electron chi connectivity index (χ1n) is 14.2. The first-order valence-corrected chi connectivity index (χ1v) is 15.8. The number of furan rings is 1. The number of nitrogens with zero attached hydrogens (tertiary/aromatic N) is 2. The second-order valence-electron chi connectivity index (χ2n) is 10.6. The number of benzene rings is 3. The maximum Gasteiger partial charge on any atom is 0.338 e. The van der Waals surface area contributed by atoms with Crippen LogP contribution in [0.15, 0.2) is 105 Å². The molecule has 0 spiro atoms. The van der Waals surface area contributed by atoms with E-state index in [0.29, 0.717) is 53.7 Å². The third-order valence-corrected chi connectivity index (χ3v) is 9.21. The molecule has 3 aromatic carbocycles. The third kappa shape index (κ3) is 5.59. The molecule has 44 heavy (non-hydrogen) atoms. The van der Waals surface area contributed by atoms with Gasteiger partial charge in [-0.05, 0) is 48.2 Å². The summed E-state index contributed by atoms with van der Waals surface area (Å²) < 4.78 is 13.6. The Kier molecular flexibility index (Phi) is 8.45. The summed E-state index contributed by atoms with van der Waals surface area (Å²) in [6, 6.07) is 25.6. The van der Waals surface area contributed by atoms with Gasteiger partial charge in [0.25, 0.3) is 5.56 Å². The first kappa shape index (κ1) is 29.9. The quantitative estimate of drug-likeness (QED) is 0.171. The van der Waals surface area contributed by atoms with Crippen LogP contribution in [0.5, 0.6) is 0 Å². The van der Waals surface area contributed by atoms with Gasteiger partial charge in [0.05, 0.1) is 38.5 Å². The molecule has 3 heterocycles. The number of aromatic nitrogens is 1. The van der Waals surface area contributed by atoms with E-state index in [-0.39, 0.29) is 12.2 Å². The number of carbonyl (C=O) groups excluding carboxylic acids is 1. The monoisotopic (exact) mass is 642 g/mol.